The summed E-state index contributed by atoms with van der Waals surface area (Å²) >= 11 is 0. The Balaban J connectivity index is 2.04. The molecule has 0 aliphatic carbocycles. The van der Waals surface area contributed by atoms with Crippen LogP contribution in [-0.2, 0) is 14.3 Å². The van der Waals surface area contributed by atoms with Gasteiger partial charge in [0.05, 0.1) is 18.3 Å². The molecule has 0 aromatic heterocycles. The topological polar surface area (TPSA) is 59.1 Å². The third-order valence-corrected chi connectivity index (χ3v) is 8.46. The largest absolute Gasteiger partial charge is 0.457 e. The number of allylic oxidation sites excluding steroid dienone is 3. The number of esters is 1. The minimum Gasteiger partial charge on any atom is -0.457 e. The van der Waals surface area contributed by atoms with E-state index in [1.165, 1.54) is 6.42 Å². The Labute approximate surface area is 215 Å². The van der Waals surface area contributed by atoms with Crippen molar-refractivity contribution >= 4 is 5.97 Å². The summed E-state index contributed by atoms with van der Waals surface area (Å²) in [6.07, 6.45) is 14.6. The summed E-state index contributed by atoms with van der Waals surface area (Å²) < 4.78 is 12.0. The fourth-order valence-electron chi connectivity index (χ4n) is 5.04. The molecule has 1 fully saturated rings. The van der Waals surface area contributed by atoms with E-state index < -0.39 is 6.10 Å². The number of hydrogen-bond acceptors (Lipinski definition) is 4. The smallest absolute Gasteiger partial charge is 0.306 e. The summed E-state index contributed by atoms with van der Waals surface area (Å²) in [5.74, 6) is 1.80. The van der Waals surface area contributed by atoms with E-state index in [0.29, 0.717) is 36.4 Å². The summed E-state index contributed by atoms with van der Waals surface area (Å²) in [7, 11) is 0. The molecule has 9 unspecified atom stereocenters. The minimum absolute atomic E-state index is 0.0242. The Hall–Kier alpha value is -1.39. The molecule has 0 aromatic carbocycles. The zero-order valence-electron chi connectivity index (χ0n) is 23.8. The van der Waals surface area contributed by atoms with E-state index in [0.717, 1.165) is 24.8 Å². The van der Waals surface area contributed by atoms with Crippen LogP contribution >= 0.6 is 0 Å². The van der Waals surface area contributed by atoms with Gasteiger partial charge in [0.2, 0.25) is 0 Å². The van der Waals surface area contributed by atoms with Crippen LogP contribution in [0.3, 0.4) is 0 Å². The number of aliphatic hydroxyl groups is 1. The predicted octanol–water partition coefficient (Wildman–Crippen LogP) is 7.28. The van der Waals surface area contributed by atoms with Gasteiger partial charge in [0.15, 0.2) is 0 Å². The molecule has 0 saturated carbocycles. The molecule has 1 saturated heterocycles. The van der Waals surface area contributed by atoms with Crippen molar-refractivity contribution in [1.29, 1.82) is 0 Å². The molecule has 9 atom stereocenters. The summed E-state index contributed by atoms with van der Waals surface area (Å²) in [5.41, 5.74) is 0.798. The highest BCUT2D eigenvalue weighted by Gasteiger charge is 2.44. The van der Waals surface area contributed by atoms with Crippen molar-refractivity contribution in [2.45, 2.75) is 119 Å². The second kappa shape index (κ2) is 13.2. The third kappa shape index (κ3) is 9.21. The van der Waals surface area contributed by atoms with Crippen LogP contribution in [0.1, 0.15) is 94.4 Å². The lowest BCUT2D eigenvalue weighted by Crippen LogP contribution is -2.31. The first kappa shape index (κ1) is 29.8. The fraction of sp³-hybridized carbons (Fsp3) is 0.774. The number of carbonyl (C=O) groups is 1. The first-order valence-electron chi connectivity index (χ1n) is 13.9. The van der Waals surface area contributed by atoms with Crippen molar-refractivity contribution < 1.29 is 19.4 Å². The second-order valence-corrected chi connectivity index (χ2v) is 12.3. The lowest BCUT2D eigenvalue weighted by atomic mass is 9.79. The van der Waals surface area contributed by atoms with Crippen molar-refractivity contribution in [1.82, 2.24) is 0 Å². The molecule has 200 valence electrons. The normalized spacial score (nSPS) is 35.9. The Morgan fingerprint density at radius 2 is 1.91 bits per heavy atom. The van der Waals surface area contributed by atoms with E-state index in [9.17, 15) is 9.90 Å². The van der Waals surface area contributed by atoms with Gasteiger partial charge in [-0.2, -0.15) is 0 Å². The predicted molar refractivity (Wildman–Crippen MR) is 145 cm³/mol. The van der Waals surface area contributed by atoms with Gasteiger partial charge in [-0.1, -0.05) is 92.2 Å². The minimum atomic E-state index is -0.519. The van der Waals surface area contributed by atoms with Crippen molar-refractivity contribution in [3.05, 3.63) is 36.0 Å². The molecule has 2 rings (SSSR count). The molecule has 1 N–H and O–H groups in total. The number of hydrogen-bond donors (Lipinski definition) is 1. The zero-order chi connectivity index (χ0) is 26.3. The summed E-state index contributed by atoms with van der Waals surface area (Å²) in [4.78, 5) is 12.7. The molecule has 2 aliphatic rings. The van der Waals surface area contributed by atoms with Crippen LogP contribution in [0.25, 0.3) is 0 Å². The zero-order valence-corrected chi connectivity index (χ0v) is 23.8. The molecule has 4 nitrogen and oxygen atoms in total. The van der Waals surface area contributed by atoms with Crippen molar-refractivity contribution in [3.8, 4) is 0 Å². The summed E-state index contributed by atoms with van der Waals surface area (Å²) in [6, 6.07) is 0. The Morgan fingerprint density at radius 1 is 1.23 bits per heavy atom. The Bertz CT molecular complexity index is 764. The van der Waals surface area contributed by atoms with E-state index in [1.807, 2.05) is 19.1 Å². The van der Waals surface area contributed by atoms with E-state index in [-0.39, 0.29) is 29.3 Å². The summed E-state index contributed by atoms with van der Waals surface area (Å²) in [5, 5.41) is 10.7. The van der Waals surface area contributed by atoms with Gasteiger partial charge in [0, 0.05) is 12.3 Å². The molecule has 0 amide bonds. The molecule has 0 bridgehead atoms. The van der Waals surface area contributed by atoms with Gasteiger partial charge < -0.3 is 14.6 Å². The van der Waals surface area contributed by atoms with Gasteiger partial charge in [-0.15, -0.1) is 0 Å². The van der Waals surface area contributed by atoms with Crippen LogP contribution in [0.4, 0.5) is 0 Å². The number of ether oxygens (including phenoxy) is 2. The van der Waals surface area contributed by atoms with Gasteiger partial charge >= 0.3 is 5.97 Å². The van der Waals surface area contributed by atoms with Crippen LogP contribution < -0.4 is 0 Å². The number of rotatable bonds is 8. The van der Waals surface area contributed by atoms with Gasteiger partial charge in [0.25, 0.3) is 0 Å². The van der Waals surface area contributed by atoms with Crippen LogP contribution in [0, 0.1) is 35.0 Å². The molecular formula is C31H52O4. The van der Waals surface area contributed by atoms with Crippen LogP contribution in [0.15, 0.2) is 36.0 Å². The van der Waals surface area contributed by atoms with Gasteiger partial charge in [-0.3, -0.25) is 4.79 Å². The fourth-order valence-corrected chi connectivity index (χ4v) is 5.04. The maximum atomic E-state index is 12.7. The number of epoxide rings is 1. The average Bonchev–Trinajstić information content (AvgIpc) is 3.56. The lowest BCUT2D eigenvalue weighted by molar-refractivity contribution is -0.149. The van der Waals surface area contributed by atoms with E-state index in [1.54, 1.807) is 0 Å². The highest BCUT2D eigenvalue weighted by molar-refractivity contribution is 5.70. The van der Waals surface area contributed by atoms with Gasteiger partial charge in [0.1, 0.15) is 6.10 Å². The van der Waals surface area contributed by atoms with Crippen LogP contribution in [0.5, 0.6) is 0 Å². The monoisotopic (exact) mass is 488 g/mol. The average molecular weight is 489 g/mol. The summed E-state index contributed by atoms with van der Waals surface area (Å²) in [6.45, 7) is 19.5. The number of carbonyl (C=O) groups excluding carboxylic acids is 1. The SMILES string of the molecule is CCC(C)C(C)C1OC1CC(C)/C=C/C=C(\C)C1OC(=O)CC(C)CCC(C)(C)C(O)/C=C/C1C. The standard InChI is InChI=1S/C31H52O4/c1-10-22(4)25(7)30-26(34-30)18-20(2)12-11-13-23(5)29-24(6)14-15-27(32)31(8,9)17-16-21(3)19-28(33)35-29/h11-15,20-22,24-27,29-30,32H,10,16-19H2,1-9H3/b12-11+,15-14+,23-13+. The highest BCUT2D eigenvalue weighted by Crippen LogP contribution is 2.38. The lowest BCUT2D eigenvalue weighted by Gasteiger charge is -2.31. The molecule has 2 aliphatic heterocycles. The first-order chi connectivity index (χ1) is 16.4. The van der Waals surface area contributed by atoms with E-state index in [2.05, 4.69) is 73.6 Å². The van der Waals surface area contributed by atoms with Crippen molar-refractivity contribution in [2.24, 2.45) is 35.0 Å². The van der Waals surface area contributed by atoms with Crippen LogP contribution in [-0.4, -0.2) is 35.5 Å². The number of aliphatic hydroxyl groups excluding tert-OH is 1. The van der Waals surface area contributed by atoms with Crippen LogP contribution in [0.2, 0.25) is 0 Å². The van der Waals surface area contributed by atoms with E-state index >= 15 is 0 Å². The molecule has 0 spiro atoms. The maximum Gasteiger partial charge on any atom is 0.306 e. The molecule has 0 radical (unpaired) electrons. The van der Waals surface area contributed by atoms with Crippen molar-refractivity contribution in [3.63, 3.8) is 0 Å². The van der Waals surface area contributed by atoms with Crippen molar-refractivity contribution in [2.75, 3.05) is 0 Å². The molecule has 4 heteroatoms. The Kier molecular flexibility index (Phi) is 11.3. The maximum absolute atomic E-state index is 12.7. The highest BCUT2D eigenvalue weighted by atomic mass is 16.6. The molecule has 2 heterocycles. The second-order valence-electron chi connectivity index (χ2n) is 12.3. The number of cyclic esters (lactones) is 1. The quantitative estimate of drug-likeness (QED) is 0.169. The molecular weight excluding hydrogens is 436 g/mol. The van der Waals surface area contributed by atoms with Gasteiger partial charge in [-0.05, 0) is 60.8 Å². The molecule has 0 aromatic rings. The van der Waals surface area contributed by atoms with Gasteiger partial charge in [-0.25, -0.2) is 0 Å². The first-order valence-corrected chi connectivity index (χ1v) is 13.9. The third-order valence-electron chi connectivity index (χ3n) is 8.46. The Morgan fingerprint density at radius 3 is 2.57 bits per heavy atom. The molecule has 35 heavy (non-hydrogen) atoms. The van der Waals surface area contributed by atoms with E-state index in [4.69, 9.17) is 9.47 Å².